The Balaban J connectivity index is 1.40. The minimum absolute atomic E-state index is 0.0548. The monoisotopic (exact) mass is 476 g/mol. The van der Waals surface area contributed by atoms with Crippen LogP contribution in [0.2, 0.25) is 5.02 Å². The number of carbonyl (C=O) groups is 2. The number of carbonyl (C=O) groups excluding carboxylic acids is 2. The van der Waals surface area contributed by atoms with Gasteiger partial charge in [0.1, 0.15) is 4.90 Å². The molecule has 0 aliphatic carbocycles. The summed E-state index contributed by atoms with van der Waals surface area (Å²) in [7, 11) is -3.73. The minimum atomic E-state index is -3.73. The minimum Gasteiger partial charge on any atom is -0.368 e. The molecule has 4 rings (SSSR count). The first-order valence-corrected chi connectivity index (χ1v) is 12.2. The number of piperazine rings is 1. The predicted molar refractivity (Wildman–Crippen MR) is 120 cm³/mol. The first kappa shape index (κ1) is 22.7. The number of primary amides is 1. The number of halogens is 1. The van der Waals surface area contributed by atoms with E-state index in [4.69, 9.17) is 17.3 Å². The standard InChI is InChI=1S/C22H25ClN4O4S/c23-18-7-3-4-8-20(18)32(30,31)27-11-9-25(10-12-27)21(28)15-26-14-17-6-2-1-5-16(17)13-19(26)22(24)29/h1-8,19H,9-15H2,(H2,24,29)/t19-/m0/s1. The average Bonchev–Trinajstić information content (AvgIpc) is 2.78. The highest BCUT2D eigenvalue weighted by atomic mass is 35.5. The molecule has 0 unspecified atom stereocenters. The van der Waals surface area contributed by atoms with Crippen molar-refractivity contribution in [2.24, 2.45) is 5.73 Å². The predicted octanol–water partition coefficient (Wildman–Crippen LogP) is 1.09. The molecule has 2 aromatic carbocycles. The molecule has 1 atom stereocenters. The fraction of sp³-hybridized carbons (Fsp3) is 0.364. The van der Waals surface area contributed by atoms with Gasteiger partial charge in [-0.3, -0.25) is 14.5 Å². The van der Waals surface area contributed by atoms with E-state index in [-0.39, 0.29) is 48.5 Å². The van der Waals surface area contributed by atoms with Crippen LogP contribution in [-0.2, 0) is 32.6 Å². The van der Waals surface area contributed by atoms with Gasteiger partial charge in [0.05, 0.1) is 17.6 Å². The molecule has 32 heavy (non-hydrogen) atoms. The highest BCUT2D eigenvalue weighted by Crippen LogP contribution is 2.26. The second-order valence-corrected chi connectivity index (χ2v) is 10.3. The van der Waals surface area contributed by atoms with E-state index in [9.17, 15) is 18.0 Å². The zero-order valence-electron chi connectivity index (χ0n) is 17.5. The molecule has 2 aromatic rings. The van der Waals surface area contributed by atoms with Crippen molar-refractivity contribution >= 4 is 33.4 Å². The third-order valence-corrected chi connectivity index (χ3v) is 8.46. The Bertz CT molecular complexity index is 1130. The molecule has 2 aliphatic heterocycles. The van der Waals surface area contributed by atoms with Crippen LogP contribution in [0.3, 0.4) is 0 Å². The molecule has 1 saturated heterocycles. The normalized spacial score (nSPS) is 20.0. The van der Waals surface area contributed by atoms with Gasteiger partial charge in [-0.2, -0.15) is 4.31 Å². The molecular weight excluding hydrogens is 452 g/mol. The Labute approximate surface area is 192 Å². The van der Waals surface area contributed by atoms with Gasteiger partial charge >= 0.3 is 0 Å². The van der Waals surface area contributed by atoms with E-state index in [2.05, 4.69) is 0 Å². The van der Waals surface area contributed by atoms with E-state index in [1.807, 2.05) is 24.3 Å². The quantitative estimate of drug-likeness (QED) is 0.695. The summed E-state index contributed by atoms with van der Waals surface area (Å²) in [6, 6.07) is 13.6. The van der Waals surface area contributed by atoms with Gasteiger partial charge in [0.15, 0.2) is 0 Å². The summed E-state index contributed by atoms with van der Waals surface area (Å²) < 4.78 is 27.2. The maximum absolute atomic E-state index is 13.0. The molecule has 0 aromatic heterocycles. The molecule has 10 heteroatoms. The van der Waals surface area contributed by atoms with Crippen LogP contribution in [0.25, 0.3) is 0 Å². The number of hydrogen-bond donors (Lipinski definition) is 1. The summed E-state index contributed by atoms with van der Waals surface area (Å²) in [5.41, 5.74) is 7.76. The highest BCUT2D eigenvalue weighted by molar-refractivity contribution is 7.89. The summed E-state index contributed by atoms with van der Waals surface area (Å²) in [5, 5.41) is 0.175. The second-order valence-electron chi connectivity index (χ2n) is 8.01. The number of nitrogens with zero attached hydrogens (tertiary/aromatic N) is 3. The lowest BCUT2D eigenvalue weighted by atomic mass is 9.93. The maximum Gasteiger partial charge on any atom is 0.244 e. The van der Waals surface area contributed by atoms with E-state index in [0.717, 1.165) is 11.1 Å². The van der Waals surface area contributed by atoms with Gasteiger partial charge in [-0.25, -0.2) is 8.42 Å². The van der Waals surface area contributed by atoms with Gasteiger partial charge in [0.25, 0.3) is 0 Å². The van der Waals surface area contributed by atoms with Crippen molar-refractivity contribution < 1.29 is 18.0 Å². The lowest BCUT2D eigenvalue weighted by molar-refractivity contribution is -0.136. The zero-order valence-corrected chi connectivity index (χ0v) is 19.1. The second kappa shape index (κ2) is 9.19. The molecule has 0 bridgehead atoms. The van der Waals surface area contributed by atoms with Gasteiger partial charge in [0.2, 0.25) is 21.8 Å². The number of nitrogens with two attached hydrogens (primary N) is 1. The maximum atomic E-state index is 13.0. The Hall–Kier alpha value is -2.46. The summed E-state index contributed by atoms with van der Waals surface area (Å²) in [4.78, 5) is 28.5. The van der Waals surface area contributed by atoms with Gasteiger partial charge in [-0.05, 0) is 29.7 Å². The Kier molecular flexibility index (Phi) is 6.52. The zero-order chi connectivity index (χ0) is 22.9. The summed E-state index contributed by atoms with van der Waals surface area (Å²) >= 11 is 6.08. The fourth-order valence-corrected chi connectivity index (χ4v) is 6.18. The van der Waals surface area contributed by atoms with Crippen molar-refractivity contribution in [3.63, 3.8) is 0 Å². The first-order chi connectivity index (χ1) is 15.3. The van der Waals surface area contributed by atoms with Crippen LogP contribution in [-0.4, -0.2) is 73.1 Å². The van der Waals surface area contributed by atoms with Crippen LogP contribution in [0.4, 0.5) is 0 Å². The SMILES string of the molecule is NC(=O)[C@@H]1Cc2ccccc2CN1CC(=O)N1CCN(S(=O)(=O)c2ccccc2Cl)CC1. The van der Waals surface area contributed by atoms with Gasteiger partial charge in [-0.1, -0.05) is 48.0 Å². The first-order valence-electron chi connectivity index (χ1n) is 10.4. The van der Waals surface area contributed by atoms with E-state index < -0.39 is 22.0 Å². The van der Waals surface area contributed by atoms with Crippen LogP contribution in [0, 0.1) is 0 Å². The largest absolute Gasteiger partial charge is 0.368 e. The lowest BCUT2D eigenvalue weighted by Gasteiger charge is -2.38. The molecular formula is C22H25ClN4O4S. The number of amides is 2. The molecule has 8 nitrogen and oxygen atoms in total. The van der Waals surface area contributed by atoms with E-state index in [0.29, 0.717) is 13.0 Å². The highest BCUT2D eigenvalue weighted by Gasteiger charge is 2.35. The third kappa shape index (κ3) is 4.52. The summed E-state index contributed by atoms with van der Waals surface area (Å²) in [6.07, 6.45) is 0.475. The van der Waals surface area contributed by atoms with Crippen molar-refractivity contribution in [1.29, 1.82) is 0 Å². The van der Waals surface area contributed by atoms with Crippen molar-refractivity contribution in [2.75, 3.05) is 32.7 Å². The molecule has 2 aliphatic rings. The molecule has 2 N–H and O–H groups in total. The van der Waals surface area contributed by atoms with Crippen LogP contribution < -0.4 is 5.73 Å². The van der Waals surface area contributed by atoms with Crippen molar-refractivity contribution in [1.82, 2.24) is 14.1 Å². The topological polar surface area (TPSA) is 104 Å². The number of rotatable bonds is 5. The van der Waals surface area contributed by atoms with Crippen molar-refractivity contribution in [3.05, 3.63) is 64.7 Å². The number of benzene rings is 2. The molecule has 2 amide bonds. The van der Waals surface area contributed by atoms with Crippen LogP contribution in [0.1, 0.15) is 11.1 Å². The van der Waals surface area contributed by atoms with E-state index in [1.54, 1.807) is 28.0 Å². The molecule has 1 fully saturated rings. The summed E-state index contributed by atoms with van der Waals surface area (Å²) in [6.45, 7) is 1.43. The van der Waals surface area contributed by atoms with Crippen LogP contribution in [0.15, 0.2) is 53.4 Å². The molecule has 0 saturated carbocycles. The molecule has 0 radical (unpaired) electrons. The Morgan fingerprint density at radius 3 is 2.25 bits per heavy atom. The molecule has 0 spiro atoms. The smallest absolute Gasteiger partial charge is 0.244 e. The number of hydrogen-bond acceptors (Lipinski definition) is 5. The Morgan fingerprint density at radius 1 is 0.969 bits per heavy atom. The average molecular weight is 477 g/mol. The van der Waals surface area contributed by atoms with Crippen molar-refractivity contribution in [2.45, 2.75) is 23.9 Å². The Morgan fingerprint density at radius 2 is 1.59 bits per heavy atom. The van der Waals surface area contributed by atoms with Gasteiger partial charge in [-0.15, -0.1) is 0 Å². The van der Waals surface area contributed by atoms with Gasteiger partial charge < -0.3 is 10.6 Å². The van der Waals surface area contributed by atoms with Crippen molar-refractivity contribution in [3.8, 4) is 0 Å². The number of sulfonamides is 1. The fourth-order valence-electron chi connectivity index (χ4n) is 4.27. The van der Waals surface area contributed by atoms with E-state index in [1.165, 1.54) is 10.4 Å². The molecule has 2 heterocycles. The van der Waals surface area contributed by atoms with Gasteiger partial charge in [0, 0.05) is 32.7 Å². The molecule has 170 valence electrons. The number of fused-ring (bicyclic) bond motifs is 1. The summed E-state index contributed by atoms with van der Waals surface area (Å²) in [5.74, 6) is -0.603. The van der Waals surface area contributed by atoms with Crippen LogP contribution >= 0.6 is 11.6 Å². The van der Waals surface area contributed by atoms with E-state index >= 15 is 0 Å². The lowest BCUT2D eigenvalue weighted by Crippen LogP contribution is -2.55. The third-order valence-electron chi connectivity index (χ3n) is 6.06. The van der Waals surface area contributed by atoms with Crippen LogP contribution in [0.5, 0.6) is 0 Å².